The topological polar surface area (TPSA) is 61.2 Å². The molecule has 0 N–H and O–H groups in total. The average molecular weight is 337 g/mol. The molecule has 1 heterocycles. The summed E-state index contributed by atoms with van der Waals surface area (Å²) in [6, 6.07) is 7.73. The second kappa shape index (κ2) is 6.47. The van der Waals surface area contributed by atoms with E-state index in [1.807, 2.05) is 24.3 Å². The lowest BCUT2D eigenvalue weighted by Crippen LogP contribution is -2.09. The second-order valence-electron chi connectivity index (χ2n) is 4.10. The predicted octanol–water partition coefficient (Wildman–Crippen LogP) is 2.68. The van der Waals surface area contributed by atoms with Gasteiger partial charge in [-0.2, -0.15) is 5.10 Å². The van der Waals surface area contributed by atoms with Gasteiger partial charge in [-0.25, -0.2) is 4.79 Å². The first-order valence-corrected chi connectivity index (χ1v) is 6.87. The Morgan fingerprint density at radius 3 is 2.70 bits per heavy atom. The number of ether oxygens (including phenoxy) is 1. The molecule has 0 spiro atoms. The van der Waals surface area contributed by atoms with Gasteiger partial charge >= 0.3 is 5.97 Å². The smallest absolute Gasteiger partial charge is 0.359 e. The van der Waals surface area contributed by atoms with Gasteiger partial charge in [0.05, 0.1) is 18.7 Å². The molecule has 0 bridgehead atoms. The van der Waals surface area contributed by atoms with Crippen LogP contribution >= 0.6 is 15.9 Å². The van der Waals surface area contributed by atoms with Crippen LogP contribution < -0.4 is 0 Å². The molecule has 0 fully saturated rings. The molecule has 0 aliphatic rings. The van der Waals surface area contributed by atoms with Crippen LogP contribution in [0.1, 0.15) is 33.3 Å². The van der Waals surface area contributed by atoms with Gasteiger partial charge < -0.3 is 4.74 Å². The summed E-state index contributed by atoms with van der Waals surface area (Å²) in [7, 11) is 0. The monoisotopic (exact) mass is 336 g/mol. The van der Waals surface area contributed by atoms with Crippen molar-refractivity contribution < 1.29 is 14.3 Å². The lowest BCUT2D eigenvalue weighted by atomic mass is 10.2. The van der Waals surface area contributed by atoms with Crippen LogP contribution in [-0.2, 0) is 11.3 Å². The summed E-state index contributed by atoms with van der Waals surface area (Å²) in [5.74, 6) is -0.579. The Kier molecular flexibility index (Phi) is 4.68. The van der Waals surface area contributed by atoms with E-state index in [0.717, 1.165) is 10.0 Å². The van der Waals surface area contributed by atoms with E-state index in [2.05, 4.69) is 21.0 Å². The van der Waals surface area contributed by atoms with Crippen molar-refractivity contribution in [3.63, 3.8) is 0 Å². The number of hydrogen-bond acceptors (Lipinski definition) is 4. The molecule has 0 unspecified atom stereocenters. The summed E-state index contributed by atoms with van der Waals surface area (Å²) in [6.45, 7) is 2.43. The number of hydrogen-bond donors (Lipinski definition) is 0. The molecule has 0 aliphatic heterocycles. The van der Waals surface area contributed by atoms with Crippen molar-refractivity contribution in [2.24, 2.45) is 0 Å². The maximum absolute atomic E-state index is 11.7. The van der Waals surface area contributed by atoms with Crippen molar-refractivity contribution in [1.82, 2.24) is 9.78 Å². The van der Waals surface area contributed by atoms with Crippen LogP contribution in [0.15, 0.2) is 34.9 Å². The molecule has 5 nitrogen and oxygen atoms in total. The lowest BCUT2D eigenvalue weighted by molar-refractivity contribution is 0.0516. The molecule has 0 saturated carbocycles. The lowest BCUT2D eigenvalue weighted by Gasteiger charge is -2.02. The molecule has 2 rings (SSSR count). The van der Waals surface area contributed by atoms with Gasteiger partial charge in [-0.3, -0.25) is 9.48 Å². The number of esters is 1. The maximum Gasteiger partial charge on any atom is 0.359 e. The average Bonchev–Trinajstić information content (AvgIpc) is 2.85. The van der Waals surface area contributed by atoms with Crippen LogP contribution in [0.3, 0.4) is 0 Å². The first-order chi connectivity index (χ1) is 9.63. The van der Waals surface area contributed by atoms with Crippen molar-refractivity contribution in [2.45, 2.75) is 13.5 Å². The van der Waals surface area contributed by atoms with E-state index < -0.39 is 5.97 Å². The number of aldehydes is 1. The fraction of sp³-hybridized carbons (Fsp3) is 0.214. The summed E-state index contributed by atoms with van der Waals surface area (Å²) >= 11 is 3.36. The zero-order valence-corrected chi connectivity index (χ0v) is 12.5. The molecule has 1 aromatic carbocycles. The van der Waals surface area contributed by atoms with E-state index in [1.54, 1.807) is 17.8 Å². The van der Waals surface area contributed by atoms with Crippen molar-refractivity contribution in [3.8, 4) is 0 Å². The van der Waals surface area contributed by atoms with Crippen molar-refractivity contribution in [2.75, 3.05) is 6.61 Å². The van der Waals surface area contributed by atoms with Crippen molar-refractivity contribution in [1.29, 1.82) is 0 Å². The zero-order valence-electron chi connectivity index (χ0n) is 10.9. The molecule has 6 heteroatoms. The molecule has 0 amide bonds. The third-order valence-corrected chi connectivity index (χ3v) is 3.17. The second-order valence-corrected chi connectivity index (χ2v) is 5.01. The van der Waals surface area contributed by atoms with E-state index in [1.165, 1.54) is 0 Å². The Balaban J connectivity index is 2.23. The first-order valence-electron chi connectivity index (χ1n) is 6.08. The van der Waals surface area contributed by atoms with Crippen LogP contribution in [0.5, 0.6) is 0 Å². The first kappa shape index (κ1) is 14.5. The molecular formula is C14H13BrN2O3. The number of carbonyl (C=O) groups is 2. The number of halogens is 1. The molecule has 20 heavy (non-hydrogen) atoms. The van der Waals surface area contributed by atoms with Gasteiger partial charge in [-0.15, -0.1) is 0 Å². The number of aromatic nitrogens is 2. The third-order valence-electron chi connectivity index (χ3n) is 2.64. The van der Waals surface area contributed by atoms with Crippen LogP contribution in [0.4, 0.5) is 0 Å². The van der Waals surface area contributed by atoms with E-state index >= 15 is 0 Å². The van der Waals surface area contributed by atoms with Gasteiger partial charge in [0, 0.05) is 10.7 Å². The van der Waals surface area contributed by atoms with Crippen LogP contribution in [0.2, 0.25) is 0 Å². The zero-order chi connectivity index (χ0) is 14.5. The summed E-state index contributed by atoms with van der Waals surface area (Å²) in [6.07, 6.45) is 2.15. The maximum atomic E-state index is 11.7. The van der Waals surface area contributed by atoms with E-state index in [9.17, 15) is 9.59 Å². The number of carbonyl (C=O) groups excluding carboxylic acids is 2. The largest absolute Gasteiger partial charge is 0.461 e. The predicted molar refractivity (Wildman–Crippen MR) is 76.8 cm³/mol. The van der Waals surface area contributed by atoms with Crippen LogP contribution in [-0.4, -0.2) is 28.6 Å². The Morgan fingerprint density at radius 2 is 2.10 bits per heavy atom. The van der Waals surface area contributed by atoms with Crippen molar-refractivity contribution >= 4 is 28.2 Å². The fourth-order valence-electron chi connectivity index (χ4n) is 1.74. The molecule has 0 radical (unpaired) electrons. The van der Waals surface area contributed by atoms with Gasteiger partial charge in [0.25, 0.3) is 0 Å². The minimum atomic E-state index is -0.579. The van der Waals surface area contributed by atoms with E-state index in [0.29, 0.717) is 12.8 Å². The summed E-state index contributed by atoms with van der Waals surface area (Å²) < 4.78 is 7.41. The Labute approximate surface area is 124 Å². The summed E-state index contributed by atoms with van der Waals surface area (Å²) in [5.41, 5.74) is 1.31. The van der Waals surface area contributed by atoms with Crippen LogP contribution in [0.25, 0.3) is 0 Å². The van der Waals surface area contributed by atoms with Gasteiger partial charge in [-0.1, -0.05) is 28.1 Å². The van der Waals surface area contributed by atoms with Gasteiger partial charge in [-0.05, 0) is 24.6 Å². The summed E-state index contributed by atoms with van der Waals surface area (Å²) in [5, 5.41) is 4.12. The minimum absolute atomic E-state index is 0.0546. The van der Waals surface area contributed by atoms with Crippen molar-refractivity contribution in [3.05, 3.63) is 51.8 Å². The highest BCUT2D eigenvalue weighted by Crippen LogP contribution is 2.13. The van der Waals surface area contributed by atoms with E-state index in [4.69, 9.17) is 4.74 Å². The third kappa shape index (κ3) is 3.33. The quantitative estimate of drug-likeness (QED) is 0.622. The van der Waals surface area contributed by atoms with Gasteiger partial charge in [0.15, 0.2) is 12.0 Å². The van der Waals surface area contributed by atoms with Gasteiger partial charge in [0.2, 0.25) is 0 Å². The molecule has 0 saturated heterocycles. The SMILES string of the molecule is CCOC(=O)c1nn(Cc2ccc(Br)cc2)cc1C=O. The Bertz CT molecular complexity index is 620. The molecular weight excluding hydrogens is 324 g/mol. The highest BCUT2D eigenvalue weighted by atomic mass is 79.9. The Morgan fingerprint density at radius 1 is 1.40 bits per heavy atom. The number of nitrogens with zero attached hydrogens (tertiary/aromatic N) is 2. The number of rotatable bonds is 5. The highest BCUT2D eigenvalue weighted by Gasteiger charge is 2.17. The summed E-state index contributed by atoms with van der Waals surface area (Å²) in [4.78, 5) is 22.7. The minimum Gasteiger partial charge on any atom is -0.461 e. The van der Waals surface area contributed by atoms with Gasteiger partial charge in [0.1, 0.15) is 0 Å². The molecule has 0 aliphatic carbocycles. The van der Waals surface area contributed by atoms with E-state index in [-0.39, 0.29) is 17.9 Å². The normalized spacial score (nSPS) is 10.3. The molecule has 2 aromatic rings. The molecule has 104 valence electrons. The molecule has 1 aromatic heterocycles. The molecule has 0 atom stereocenters. The number of benzene rings is 1. The fourth-order valence-corrected chi connectivity index (χ4v) is 2.00. The standard InChI is InChI=1S/C14H13BrN2O3/c1-2-20-14(19)13-11(9-18)8-17(16-13)7-10-3-5-12(15)6-4-10/h3-6,8-9H,2,7H2,1H3. The Hall–Kier alpha value is -1.95. The highest BCUT2D eigenvalue weighted by molar-refractivity contribution is 9.10. The van der Waals surface area contributed by atoms with Crippen LogP contribution in [0, 0.1) is 0 Å².